The first kappa shape index (κ1) is 16.3. The second-order valence-electron chi connectivity index (χ2n) is 5.12. The third-order valence-electron chi connectivity index (χ3n) is 3.49. The molecule has 2 heterocycles. The van der Waals surface area contributed by atoms with E-state index in [0.717, 1.165) is 4.47 Å². The summed E-state index contributed by atoms with van der Waals surface area (Å²) in [4.78, 5) is 13.3. The highest BCUT2D eigenvalue weighted by Crippen LogP contribution is 2.25. The fraction of sp³-hybridized carbons (Fsp3) is 0.667. The number of rotatable bonds is 3. The van der Waals surface area contributed by atoms with Crippen LogP contribution < -0.4 is 5.73 Å². The summed E-state index contributed by atoms with van der Waals surface area (Å²) in [5.74, 6) is -0.632. The van der Waals surface area contributed by atoms with Gasteiger partial charge in [0.15, 0.2) is 0 Å². The SMILES string of the molecule is NC(CC(F)(F)F)C(=O)N1CCC(n2cc(Br)cn2)CC1. The largest absolute Gasteiger partial charge is 0.391 e. The fourth-order valence-corrected chi connectivity index (χ4v) is 2.74. The van der Waals surface area contributed by atoms with E-state index in [9.17, 15) is 18.0 Å². The van der Waals surface area contributed by atoms with Crippen LogP contribution in [0.1, 0.15) is 25.3 Å². The first-order valence-corrected chi connectivity index (χ1v) is 7.36. The molecule has 9 heteroatoms. The Morgan fingerprint density at radius 2 is 2.10 bits per heavy atom. The van der Waals surface area contributed by atoms with Gasteiger partial charge in [-0.1, -0.05) is 0 Å². The number of nitrogens with two attached hydrogens (primary N) is 1. The molecule has 0 radical (unpaired) electrons. The topological polar surface area (TPSA) is 64.2 Å². The number of carbonyl (C=O) groups excluding carboxylic acids is 1. The quantitative estimate of drug-likeness (QED) is 0.888. The van der Waals surface area contributed by atoms with Crippen LogP contribution in [0, 0.1) is 0 Å². The average molecular weight is 369 g/mol. The summed E-state index contributed by atoms with van der Waals surface area (Å²) in [6.45, 7) is 0.791. The number of amides is 1. The normalized spacial score (nSPS) is 18.8. The number of hydrogen-bond donors (Lipinski definition) is 1. The molecule has 1 aliphatic rings. The molecule has 5 nitrogen and oxygen atoms in total. The maximum atomic E-state index is 12.3. The molecule has 1 aliphatic heterocycles. The molecule has 2 N–H and O–H groups in total. The molecular weight excluding hydrogens is 353 g/mol. The Kier molecular flexibility index (Phi) is 4.92. The van der Waals surface area contributed by atoms with Gasteiger partial charge >= 0.3 is 6.18 Å². The summed E-state index contributed by atoms with van der Waals surface area (Å²) in [5, 5.41) is 4.19. The van der Waals surface area contributed by atoms with Crippen molar-refractivity contribution in [2.75, 3.05) is 13.1 Å². The van der Waals surface area contributed by atoms with Gasteiger partial charge in [-0.3, -0.25) is 9.48 Å². The van der Waals surface area contributed by atoms with Crippen LogP contribution in [-0.4, -0.2) is 45.9 Å². The van der Waals surface area contributed by atoms with Gasteiger partial charge in [-0.05, 0) is 28.8 Å². The van der Waals surface area contributed by atoms with Gasteiger partial charge in [0, 0.05) is 19.3 Å². The van der Waals surface area contributed by atoms with E-state index in [-0.39, 0.29) is 6.04 Å². The third kappa shape index (κ3) is 4.44. The van der Waals surface area contributed by atoms with Crippen molar-refractivity contribution in [2.24, 2.45) is 5.73 Å². The Morgan fingerprint density at radius 3 is 2.57 bits per heavy atom. The van der Waals surface area contributed by atoms with E-state index in [4.69, 9.17) is 5.73 Å². The van der Waals surface area contributed by atoms with E-state index >= 15 is 0 Å². The maximum Gasteiger partial charge on any atom is 0.391 e. The maximum absolute atomic E-state index is 12.3. The number of likely N-dealkylation sites (tertiary alicyclic amines) is 1. The standard InChI is InChI=1S/C12H16BrF3N4O/c13-8-6-18-20(7-8)9-1-3-19(4-2-9)11(21)10(17)5-12(14,15)16/h6-7,9-10H,1-5,17H2. The minimum absolute atomic E-state index is 0.152. The molecule has 0 aliphatic carbocycles. The smallest absolute Gasteiger partial charge is 0.341 e. The Balaban J connectivity index is 1.87. The molecule has 0 bridgehead atoms. The van der Waals surface area contributed by atoms with Crippen molar-refractivity contribution in [3.8, 4) is 0 Å². The van der Waals surface area contributed by atoms with Crippen molar-refractivity contribution in [3.63, 3.8) is 0 Å². The summed E-state index contributed by atoms with van der Waals surface area (Å²) in [5.41, 5.74) is 5.35. The molecule has 1 saturated heterocycles. The number of alkyl halides is 3. The number of aromatic nitrogens is 2. The summed E-state index contributed by atoms with van der Waals surface area (Å²) >= 11 is 3.31. The number of hydrogen-bond acceptors (Lipinski definition) is 3. The first-order valence-electron chi connectivity index (χ1n) is 6.57. The Labute approximate surface area is 128 Å². The average Bonchev–Trinajstić information content (AvgIpc) is 2.83. The Morgan fingerprint density at radius 1 is 1.48 bits per heavy atom. The van der Waals surface area contributed by atoms with E-state index in [2.05, 4.69) is 21.0 Å². The van der Waals surface area contributed by atoms with Gasteiger partial charge in [0.2, 0.25) is 5.91 Å². The van der Waals surface area contributed by atoms with Crippen LogP contribution >= 0.6 is 15.9 Å². The summed E-state index contributed by atoms with van der Waals surface area (Å²) in [6, 6.07) is -1.36. The molecule has 1 atom stereocenters. The second kappa shape index (κ2) is 6.35. The number of carbonyl (C=O) groups is 1. The molecule has 0 spiro atoms. The van der Waals surface area contributed by atoms with Crippen LogP contribution in [0.3, 0.4) is 0 Å². The highest BCUT2D eigenvalue weighted by molar-refractivity contribution is 9.10. The van der Waals surface area contributed by atoms with Crippen LogP contribution in [0.2, 0.25) is 0 Å². The van der Waals surface area contributed by atoms with Gasteiger partial charge in [-0.15, -0.1) is 0 Å². The van der Waals surface area contributed by atoms with E-state index < -0.39 is 24.5 Å². The number of halogens is 4. The van der Waals surface area contributed by atoms with Gasteiger partial charge in [0.1, 0.15) is 0 Å². The zero-order valence-electron chi connectivity index (χ0n) is 11.2. The summed E-state index contributed by atoms with van der Waals surface area (Å²) in [7, 11) is 0. The lowest BCUT2D eigenvalue weighted by Crippen LogP contribution is -2.48. The minimum Gasteiger partial charge on any atom is -0.341 e. The lowest BCUT2D eigenvalue weighted by molar-refractivity contribution is -0.153. The zero-order chi connectivity index (χ0) is 15.6. The third-order valence-corrected chi connectivity index (χ3v) is 3.90. The molecule has 1 fully saturated rings. The molecule has 21 heavy (non-hydrogen) atoms. The van der Waals surface area contributed by atoms with Gasteiger partial charge in [0.05, 0.1) is 29.2 Å². The van der Waals surface area contributed by atoms with Crippen molar-refractivity contribution in [1.82, 2.24) is 14.7 Å². The van der Waals surface area contributed by atoms with E-state index in [1.54, 1.807) is 6.20 Å². The summed E-state index contributed by atoms with van der Waals surface area (Å²) < 4.78 is 39.4. The molecule has 118 valence electrons. The fourth-order valence-electron chi connectivity index (χ4n) is 2.44. The summed E-state index contributed by atoms with van der Waals surface area (Å²) in [6.07, 6.45) is -0.877. The predicted octanol–water partition coefficient (Wildman–Crippen LogP) is 2.09. The van der Waals surface area contributed by atoms with E-state index in [0.29, 0.717) is 25.9 Å². The number of piperidine rings is 1. The minimum atomic E-state index is -4.42. The van der Waals surface area contributed by atoms with Crippen LogP contribution in [0.15, 0.2) is 16.9 Å². The van der Waals surface area contributed by atoms with Gasteiger partial charge < -0.3 is 10.6 Å². The van der Waals surface area contributed by atoms with Gasteiger partial charge in [-0.25, -0.2) is 0 Å². The second-order valence-corrected chi connectivity index (χ2v) is 6.04. The molecule has 1 amide bonds. The Hall–Kier alpha value is -1.09. The van der Waals surface area contributed by atoms with Crippen molar-refractivity contribution in [2.45, 2.75) is 37.5 Å². The molecular formula is C12H16BrF3N4O. The lowest BCUT2D eigenvalue weighted by atomic mass is 10.0. The van der Waals surface area contributed by atoms with E-state index in [1.165, 1.54) is 4.90 Å². The molecule has 1 aromatic heterocycles. The zero-order valence-corrected chi connectivity index (χ0v) is 12.8. The predicted molar refractivity (Wildman–Crippen MR) is 73.4 cm³/mol. The van der Waals surface area contributed by atoms with Crippen LogP contribution in [0.4, 0.5) is 13.2 Å². The first-order chi connectivity index (χ1) is 9.76. The van der Waals surface area contributed by atoms with Crippen molar-refractivity contribution >= 4 is 21.8 Å². The van der Waals surface area contributed by atoms with Gasteiger partial charge in [-0.2, -0.15) is 18.3 Å². The molecule has 2 rings (SSSR count). The van der Waals surface area contributed by atoms with Crippen molar-refractivity contribution in [1.29, 1.82) is 0 Å². The highest BCUT2D eigenvalue weighted by Gasteiger charge is 2.36. The van der Waals surface area contributed by atoms with Crippen LogP contribution in [-0.2, 0) is 4.79 Å². The van der Waals surface area contributed by atoms with Crippen LogP contribution in [0.25, 0.3) is 0 Å². The number of nitrogens with zero attached hydrogens (tertiary/aromatic N) is 3. The van der Waals surface area contributed by atoms with Gasteiger partial charge in [0.25, 0.3) is 0 Å². The Bertz CT molecular complexity index is 497. The monoisotopic (exact) mass is 368 g/mol. The molecule has 1 aromatic rings. The van der Waals surface area contributed by atoms with Crippen molar-refractivity contribution < 1.29 is 18.0 Å². The molecule has 0 aromatic carbocycles. The highest BCUT2D eigenvalue weighted by atomic mass is 79.9. The van der Waals surface area contributed by atoms with E-state index in [1.807, 2.05) is 10.9 Å². The lowest BCUT2D eigenvalue weighted by Gasteiger charge is -2.33. The van der Waals surface area contributed by atoms with Crippen molar-refractivity contribution in [3.05, 3.63) is 16.9 Å². The van der Waals surface area contributed by atoms with Crippen LogP contribution in [0.5, 0.6) is 0 Å². The molecule has 1 unspecified atom stereocenters. The molecule has 0 saturated carbocycles.